The molecule has 1 aliphatic heterocycles. The van der Waals surface area contributed by atoms with Gasteiger partial charge in [0.05, 0.1) is 8.81 Å². The molecule has 1 aromatic heterocycles. The average molecular weight is 417 g/mol. The normalized spacial score (nSPS) is 17.0. The van der Waals surface area contributed by atoms with Gasteiger partial charge in [0.25, 0.3) is 10.0 Å². The summed E-state index contributed by atoms with van der Waals surface area (Å²) < 4.78 is 27.2. The molecule has 1 aromatic rings. The van der Waals surface area contributed by atoms with Gasteiger partial charge in [-0.3, -0.25) is 0 Å². The number of rotatable bonds is 2. The lowest BCUT2D eigenvalue weighted by Crippen LogP contribution is -2.52. The lowest BCUT2D eigenvalue weighted by molar-refractivity contribution is 0.149. The van der Waals surface area contributed by atoms with Crippen LogP contribution >= 0.6 is 38.9 Å². The topological polar surface area (TPSA) is 60.9 Å². The first-order chi connectivity index (χ1) is 9.73. The summed E-state index contributed by atoms with van der Waals surface area (Å²) in [7, 11) is -0.193. The van der Waals surface area contributed by atoms with Crippen LogP contribution in [-0.4, -0.2) is 68.8 Å². The molecule has 118 valence electrons. The highest BCUT2D eigenvalue weighted by Gasteiger charge is 2.32. The number of carbonyl (C=O) groups excluding carboxylic acids is 1. The Kier molecular flexibility index (Phi) is 5.19. The minimum absolute atomic E-state index is 0.103. The summed E-state index contributed by atoms with van der Waals surface area (Å²) >= 11 is 10.2. The van der Waals surface area contributed by atoms with E-state index in [2.05, 4.69) is 15.9 Å². The number of nitrogens with zero attached hydrogens (tertiary/aromatic N) is 3. The smallest absolute Gasteiger partial charge is 0.319 e. The van der Waals surface area contributed by atoms with Crippen molar-refractivity contribution in [1.29, 1.82) is 0 Å². The highest BCUT2D eigenvalue weighted by Crippen LogP contribution is 2.36. The predicted molar refractivity (Wildman–Crippen MR) is 86.4 cm³/mol. The summed E-state index contributed by atoms with van der Waals surface area (Å²) in [5.41, 5.74) is 0. The zero-order valence-electron chi connectivity index (χ0n) is 11.5. The van der Waals surface area contributed by atoms with Crippen LogP contribution in [0.4, 0.5) is 4.79 Å². The first-order valence-corrected chi connectivity index (χ1v) is 9.57. The van der Waals surface area contributed by atoms with Crippen LogP contribution in [0.2, 0.25) is 5.02 Å². The molecule has 10 heteroatoms. The quantitative estimate of drug-likeness (QED) is 0.742. The number of carbonyl (C=O) groups is 1. The fourth-order valence-corrected chi connectivity index (χ4v) is 5.96. The molecular formula is C11H15BrClN3O3S2. The first-order valence-electron chi connectivity index (χ1n) is 6.14. The van der Waals surface area contributed by atoms with Gasteiger partial charge >= 0.3 is 6.03 Å². The lowest BCUT2D eigenvalue weighted by atomic mass is 10.4. The fraction of sp³-hybridized carbons (Fsp3) is 0.545. The number of urea groups is 1. The molecule has 0 aliphatic carbocycles. The van der Waals surface area contributed by atoms with E-state index in [-0.39, 0.29) is 23.3 Å². The number of halogens is 2. The maximum Gasteiger partial charge on any atom is 0.319 e. The molecular weight excluding hydrogens is 402 g/mol. The fourth-order valence-electron chi connectivity index (χ4n) is 1.98. The second-order valence-electron chi connectivity index (χ2n) is 4.76. The summed E-state index contributed by atoms with van der Waals surface area (Å²) in [6, 6.07) is 1.34. The zero-order chi connectivity index (χ0) is 15.8. The van der Waals surface area contributed by atoms with Gasteiger partial charge in [0.1, 0.15) is 4.21 Å². The molecule has 1 aliphatic rings. The third-order valence-electron chi connectivity index (χ3n) is 3.11. The Morgan fingerprint density at radius 2 is 1.90 bits per heavy atom. The number of sulfonamides is 1. The van der Waals surface area contributed by atoms with E-state index in [0.29, 0.717) is 21.9 Å². The Morgan fingerprint density at radius 3 is 2.33 bits per heavy atom. The van der Waals surface area contributed by atoms with E-state index >= 15 is 0 Å². The minimum Gasteiger partial charge on any atom is -0.331 e. The SMILES string of the molecule is CN(C)C(=O)N1CCN(S(=O)(=O)c2cc(Cl)c(Br)s2)CC1. The van der Waals surface area contributed by atoms with Crippen LogP contribution in [0, 0.1) is 0 Å². The number of amides is 2. The second kappa shape index (κ2) is 6.41. The molecule has 1 fully saturated rings. The van der Waals surface area contributed by atoms with Crippen LogP contribution in [-0.2, 0) is 10.0 Å². The summed E-state index contributed by atoms with van der Waals surface area (Å²) in [6.07, 6.45) is 0. The Morgan fingerprint density at radius 1 is 1.33 bits per heavy atom. The molecule has 2 amide bonds. The van der Waals surface area contributed by atoms with Crippen LogP contribution in [0.1, 0.15) is 0 Å². The molecule has 0 N–H and O–H groups in total. The Bertz CT molecular complexity index is 620. The van der Waals surface area contributed by atoms with Gasteiger partial charge in [0, 0.05) is 40.3 Å². The van der Waals surface area contributed by atoms with Crippen molar-refractivity contribution in [1.82, 2.24) is 14.1 Å². The predicted octanol–water partition coefficient (Wildman–Crippen LogP) is 2.15. The molecule has 1 saturated heterocycles. The van der Waals surface area contributed by atoms with Gasteiger partial charge in [-0.25, -0.2) is 13.2 Å². The lowest BCUT2D eigenvalue weighted by Gasteiger charge is -2.34. The van der Waals surface area contributed by atoms with E-state index in [1.54, 1.807) is 19.0 Å². The molecule has 2 rings (SSSR count). The third-order valence-corrected chi connectivity index (χ3v) is 7.93. The van der Waals surface area contributed by atoms with E-state index in [0.717, 1.165) is 11.3 Å². The van der Waals surface area contributed by atoms with E-state index in [1.807, 2.05) is 0 Å². The van der Waals surface area contributed by atoms with Crippen LogP contribution in [0.15, 0.2) is 14.1 Å². The van der Waals surface area contributed by atoms with E-state index < -0.39 is 10.0 Å². The first kappa shape index (κ1) is 17.0. The van der Waals surface area contributed by atoms with E-state index in [9.17, 15) is 13.2 Å². The number of thiophene rings is 1. The van der Waals surface area contributed by atoms with Gasteiger partial charge in [-0.15, -0.1) is 11.3 Å². The van der Waals surface area contributed by atoms with Gasteiger partial charge in [-0.05, 0) is 22.0 Å². The van der Waals surface area contributed by atoms with Crippen molar-refractivity contribution >= 4 is 54.9 Å². The van der Waals surface area contributed by atoms with Gasteiger partial charge in [-0.1, -0.05) is 11.6 Å². The summed E-state index contributed by atoms with van der Waals surface area (Å²) in [5.74, 6) is 0. The van der Waals surface area contributed by atoms with Gasteiger partial charge < -0.3 is 9.80 Å². The molecule has 0 radical (unpaired) electrons. The Hall–Kier alpha value is -0.350. The molecule has 0 bridgehead atoms. The standard InChI is InChI=1S/C11H15BrClN3O3S2/c1-14(2)11(17)15-3-5-16(6-4-15)21(18,19)9-7-8(13)10(12)20-9/h7H,3-6H2,1-2H3. The van der Waals surface area contributed by atoms with Crippen LogP contribution in [0.5, 0.6) is 0 Å². The number of piperazine rings is 1. The summed E-state index contributed by atoms with van der Waals surface area (Å²) in [6.45, 7) is 1.34. The number of hydrogen-bond acceptors (Lipinski definition) is 4. The van der Waals surface area contributed by atoms with Crippen molar-refractivity contribution in [3.8, 4) is 0 Å². The van der Waals surface area contributed by atoms with E-state index in [1.165, 1.54) is 15.3 Å². The third kappa shape index (κ3) is 3.53. The summed E-state index contributed by atoms with van der Waals surface area (Å²) in [5, 5.41) is 0.389. The molecule has 0 saturated carbocycles. The minimum atomic E-state index is -3.55. The molecule has 0 atom stereocenters. The van der Waals surface area contributed by atoms with Crippen LogP contribution < -0.4 is 0 Å². The maximum absolute atomic E-state index is 12.5. The largest absolute Gasteiger partial charge is 0.331 e. The summed E-state index contributed by atoms with van der Waals surface area (Å²) in [4.78, 5) is 15.0. The monoisotopic (exact) mass is 415 g/mol. The van der Waals surface area contributed by atoms with Gasteiger partial charge in [0.2, 0.25) is 0 Å². The van der Waals surface area contributed by atoms with Gasteiger partial charge in [-0.2, -0.15) is 4.31 Å². The molecule has 21 heavy (non-hydrogen) atoms. The highest BCUT2D eigenvalue weighted by atomic mass is 79.9. The van der Waals surface area contributed by atoms with Crippen molar-refractivity contribution in [3.05, 3.63) is 14.9 Å². The molecule has 2 heterocycles. The Balaban J connectivity index is 2.09. The van der Waals surface area contributed by atoms with Crippen molar-refractivity contribution < 1.29 is 13.2 Å². The van der Waals surface area contributed by atoms with Crippen molar-refractivity contribution in [2.45, 2.75) is 4.21 Å². The average Bonchev–Trinajstić information content (AvgIpc) is 2.78. The van der Waals surface area contributed by atoms with Crippen molar-refractivity contribution in [3.63, 3.8) is 0 Å². The highest BCUT2D eigenvalue weighted by molar-refractivity contribution is 9.11. The second-order valence-corrected chi connectivity index (χ2v) is 9.70. The van der Waals surface area contributed by atoms with Crippen molar-refractivity contribution in [2.75, 3.05) is 40.3 Å². The Labute approximate surface area is 141 Å². The van der Waals surface area contributed by atoms with Crippen LogP contribution in [0.25, 0.3) is 0 Å². The van der Waals surface area contributed by atoms with Gasteiger partial charge in [0.15, 0.2) is 0 Å². The van der Waals surface area contributed by atoms with Crippen LogP contribution in [0.3, 0.4) is 0 Å². The molecule has 0 spiro atoms. The zero-order valence-corrected chi connectivity index (χ0v) is 15.5. The molecule has 6 nitrogen and oxygen atoms in total. The molecule has 0 unspecified atom stereocenters. The maximum atomic E-state index is 12.5. The number of hydrogen-bond donors (Lipinski definition) is 0. The van der Waals surface area contributed by atoms with Crippen molar-refractivity contribution in [2.24, 2.45) is 0 Å². The molecule has 0 aromatic carbocycles. The van der Waals surface area contributed by atoms with E-state index in [4.69, 9.17) is 11.6 Å².